The molecule has 0 saturated carbocycles. The molecule has 3 rings (SSSR count). The minimum absolute atomic E-state index is 0.0279. The summed E-state index contributed by atoms with van der Waals surface area (Å²) in [5.41, 5.74) is 3.57. The third-order valence-electron chi connectivity index (χ3n) is 4.92. The van der Waals surface area contributed by atoms with Crippen LogP contribution in [0, 0.1) is 0 Å². The fraction of sp³-hybridized carbons (Fsp3) is 0.269. The van der Waals surface area contributed by atoms with Crippen molar-refractivity contribution in [2.24, 2.45) is 0 Å². The summed E-state index contributed by atoms with van der Waals surface area (Å²) in [7, 11) is 1.62. The monoisotopic (exact) mass is 403 g/mol. The van der Waals surface area contributed by atoms with E-state index in [0.29, 0.717) is 24.5 Å². The number of para-hydroxylation sites is 1. The van der Waals surface area contributed by atoms with Gasteiger partial charge in [0.05, 0.1) is 7.11 Å². The van der Waals surface area contributed by atoms with Crippen LogP contribution < -0.4 is 14.8 Å². The molecule has 0 fully saturated rings. The van der Waals surface area contributed by atoms with Crippen LogP contribution in [0.1, 0.15) is 47.8 Å². The van der Waals surface area contributed by atoms with Gasteiger partial charge in [0.1, 0.15) is 18.1 Å². The summed E-state index contributed by atoms with van der Waals surface area (Å²) in [6.07, 6.45) is 0. The van der Waals surface area contributed by atoms with Gasteiger partial charge in [-0.1, -0.05) is 69.3 Å². The first-order valence-electron chi connectivity index (χ1n) is 10.1. The van der Waals surface area contributed by atoms with Gasteiger partial charge in [-0.05, 0) is 40.8 Å². The number of amides is 1. The van der Waals surface area contributed by atoms with Crippen molar-refractivity contribution < 1.29 is 14.3 Å². The summed E-state index contributed by atoms with van der Waals surface area (Å²) < 4.78 is 11.6. The van der Waals surface area contributed by atoms with Crippen molar-refractivity contribution in [2.45, 2.75) is 39.3 Å². The molecule has 0 spiro atoms. The molecular weight excluding hydrogens is 374 g/mol. The second kappa shape index (κ2) is 9.49. The number of hydrogen-bond donors (Lipinski definition) is 1. The molecule has 30 heavy (non-hydrogen) atoms. The van der Waals surface area contributed by atoms with Crippen LogP contribution in [0.4, 0.5) is 0 Å². The lowest BCUT2D eigenvalue weighted by molar-refractivity contribution is 0.0950. The molecule has 0 unspecified atom stereocenters. The summed E-state index contributed by atoms with van der Waals surface area (Å²) in [6.45, 7) is 7.28. The van der Waals surface area contributed by atoms with E-state index < -0.39 is 0 Å². The summed E-state index contributed by atoms with van der Waals surface area (Å²) in [5, 5.41) is 2.96. The molecular formula is C26H29NO3. The van der Waals surface area contributed by atoms with Gasteiger partial charge < -0.3 is 14.8 Å². The Morgan fingerprint density at radius 1 is 0.900 bits per heavy atom. The maximum atomic E-state index is 12.6. The van der Waals surface area contributed by atoms with Crippen LogP contribution in [-0.4, -0.2) is 13.0 Å². The van der Waals surface area contributed by atoms with Crippen molar-refractivity contribution in [2.75, 3.05) is 7.11 Å². The molecule has 0 saturated heterocycles. The highest BCUT2D eigenvalue weighted by Crippen LogP contribution is 2.32. The Kier molecular flexibility index (Phi) is 6.78. The fourth-order valence-corrected chi connectivity index (χ4v) is 3.28. The average molecular weight is 404 g/mol. The van der Waals surface area contributed by atoms with Crippen molar-refractivity contribution >= 4 is 5.91 Å². The molecule has 3 aromatic rings. The smallest absolute Gasteiger partial charge is 0.251 e. The quantitative estimate of drug-likeness (QED) is 0.566. The summed E-state index contributed by atoms with van der Waals surface area (Å²) in [5.74, 6) is 1.41. The Morgan fingerprint density at radius 2 is 1.60 bits per heavy atom. The largest absolute Gasteiger partial charge is 0.496 e. The van der Waals surface area contributed by atoms with Crippen LogP contribution in [0.5, 0.6) is 11.5 Å². The molecule has 4 nitrogen and oxygen atoms in total. The number of nitrogens with one attached hydrogen (secondary N) is 1. The van der Waals surface area contributed by atoms with Crippen molar-refractivity contribution in [1.82, 2.24) is 5.32 Å². The lowest BCUT2D eigenvalue weighted by atomic mass is 9.86. The molecule has 0 bridgehead atoms. The second-order valence-corrected chi connectivity index (χ2v) is 8.23. The van der Waals surface area contributed by atoms with E-state index in [2.05, 4.69) is 32.2 Å². The lowest BCUT2D eigenvalue weighted by Crippen LogP contribution is -2.23. The summed E-state index contributed by atoms with van der Waals surface area (Å²) in [4.78, 5) is 12.6. The highest BCUT2D eigenvalue weighted by atomic mass is 16.5. The van der Waals surface area contributed by atoms with Gasteiger partial charge in [-0.2, -0.15) is 0 Å². The highest BCUT2D eigenvalue weighted by molar-refractivity contribution is 5.94. The van der Waals surface area contributed by atoms with Crippen LogP contribution >= 0.6 is 0 Å². The number of ether oxygens (including phenoxy) is 2. The zero-order chi connectivity index (χ0) is 21.6. The maximum Gasteiger partial charge on any atom is 0.251 e. The van der Waals surface area contributed by atoms with Gasteiger partial charge in [0.25, 0.3) is 5.91 Å². The molecule has 1 amide bonds. The summed E-state index contributed by atoms with van der Waals surface area (Å²) in [6, 6.07) is 23.3. The van der Waals surface area contributed by atoms with Crippen molar-refractivity contribution in [3.63, 3.8) is 0 Å². The van der Waals surface area contributed by atoms with Crippen LogP contribution in [-0.2, 0) is 18.6 Å². The maximum absolute atomic E-state index is 12.6. The van der Waals surface area contributed by atoms with Gasteiger partial charge in [0.2, 0.25) is 0 Å². The highest BCUT2D eigenvalue weighted by Gasteiger charge is 2.19. The van der Waals surface area contributed by atoms with Gasteiger partial charge in [-0.3, -0.25) is 4.79 Å². The molecule has 0 aliphatic heterocycles. The Bertz CT molecular complexity index is 991. The first kappa shape index (κ1) is 21.4. The number of benzene rings is 3. The van der Waals surface area contributed by atoms with Crippen LogP contribution in [0.3, 0.4) is 0 Å². The number of methoxy groups -OCH3 is 1. The van der Waals surface area contributed by atoms with E-state index in [1.807, 2.05) is 60.7 Å². The number of hydrogen-bond acceptors (Lipinski definition) is 3. The summed E-state index contributed by atoms with van der Waals surface area (Å²) >= 11 is 0. The number of carbonyl (C=O) groups is 1. The van der Waals surface area contributed by atoms with Gasteiger partial charge in [0.15, 0.2) is 0 Å². The molecule has 0 atom stereocenters. The fourth-order valence-electron chi connectivity index (χ4n) is 3.28. The number of rotatable bonds is 7. The van der Waals surface area contributed by atoms with Crippen LogP contribution in [0.2, 0.25) is 0 Å². The minimum atomic E-state index is -0.127. The van der Waals surface area contributed by atoms with Gasteiger partial charge >= 0.3 is 0 Å². The molecule has 0 aromatic heterocycles. The molecule has 0 heterocycles. The van der Waals surface area contributed by atoms with Gasteiger partial charge in [0, 0.05) is 17.7 Å². The first-order chi connectivity index (χ1) is 14.4. The molecule has 0 aliphatic rings. The molecule has 1 N–H and O–H groups in total. The predicted molar refractivity (Wildman–Crippen MR) is 120 cm³/mol. The van der Waals surface area contributed by atoms with Gasteiger partial charge in [-0.15, -0.1) is 0 Å². The van der Waals surface area contributed by atoms with E-state index >= 15 is 0 Å². The van der Waals surface area contributed by atoms with Crippen molar-refractivity contribution in [3.8, 4) is 11.5 Å². The Balaban J connectivity index is 1.74. The van der Waals surface area contributed by atoms with Crippen LogP contribution in [0.15, 0.2) is 72.8 Å². The van der Waals surface area contributed by atoms with E-state index in [4.69, 9.17) is 9.47 Å². The Morgan fingerprint density at radius 3 is 2.30 bits per heavy atom. The van der Waals surface area contributed by atoms with E-state index in [1.54, 1.807) is 13.2 Å². The van der Waals surface area contributed by atoms with Gasteiger partial charge in [-0.25, -0.2) is 0 Å². The second-order valence-electron chi connectivity index (χ2n) is 8.23. The van der Waals surface area contributed by atoms with E-state index in [-0.39, 0.29) is 11.3 Å². The average Bonchev–Trinajstić information content (AvgIpc) is 2.76. The molecule has 0 radical (unpaired) electrons. The molecule has 4 heteroatoms. The first-order valence-corrected chi connectivity index (χ1v) is 10.1. The SMILES string of the molecule is COc1ccc(C(=O)NCc2ccccc2)cc1COc1ccccc1C(C)(C)C. The van der Waals surface area contributed by atoms with Crippen molar-refractivity contribution in [3.05, 3.63) is 95.1 Å². The topological polar surface area (TPSA) is 47.6 Å². The van der Waals surface area contributed by atoms with E-state index in [9.17, 15) is 4.79 Å². The van der Waals surface area contributed by atoms with E-state index in [0.717, 1.165) is 22.4 Å². The third-order valence-corrected chi connectivity index (χ3v) is 4.92. The third kappa shape index (κ3) is 5.41. The van der Waals surface area contributed by atoms with Crippen LogP contribution in [0.25, 0.3) is 0 Å². The lowest BCUT2D eigenvalue weighted by Gasteiger charge is -2.23. The predicted octanol–water partition coefficient (Wildman–Crippen LogP) is 5.50. The van der Waals surface area contributed by atoms with Crippen molar-refractivity contribution in [1.29, 1.82) is 0 Å². The minimum Gasteiger partial charge on any atom is -0.496 e. The normalized spacial score (nSPS) is 11.1. The Hall–Kier alpha value is -3.27. The zero-order valence-electron chi connectivity index (χ0n) is 18.1. The Labute approximate surface area is 178 Å². The zero-order valence-corrected chi connectivity index (χ0v) is 18.1. The molecule has 156 valence electrons. The number of carbonyl (C=O) groups excluding carboxylic acids is 1. The molecule has 3 aromatic carbocycles. The standard InChI is InChI=1S/C26H29NO3/c1-26(2,3)22-12-8-9-13-24(22)30-18-21-16-20(14-15-23(21)29-4)25(28)27-17-19-10-6-5-7-11-19/h5-16H,17-18H2,1-4H3,(H,27,28). The van der Waals surface area contributed by atoms with E-state index in [1.165, 1.54) is 0 Å². The molecule has 0 aliphatic carbocycles.